The SMILES string of the molecule is CCCc1nc(Cn2nc(C(=O)O)c3ccccc32)cs1. The van der Waals surface area contributed by atoms with E-state index in [1.165, 1.54) is 0 Å². The van der Waals surface area contributed by atoms with Gasteiger partial charge in [0.15, 0.2) is 5.69 Å². The number of hydrogen-bond acceptors (Lipinski definition) is 4. The van der Waals surface area contributed by atoms with E-state index in [2.05, 4.69) is 17.0 Å². The fourth-order valence-corrected chi connectivity index (χ4v) is 3.20. The maximum absolute atomic E-state index is 11.3. The molecule has 6 heteroatoms. The predicted molar refractivity (Wildman–Crippen MR) is 81.9 cm³/mol. The molecule has 0 radical (unpaired) electrons. The van der Waals surface area contributed by atoms with E-state index in [1.807, 2.05) is 23.6 Å². The number of para-hydroxylation sites is 1. The monoisotopic (exact) mass is 301 g/mol. The molecule has 0 spiro atoms. The average Bonchev–Trinajstić information content (AvgIpc) is 3.05. The summed E-state index contributed by atoms with van der Waals surface area (Å²) in [5, 5.41) is 17.3. The van der Waals surface area contributed by atoms with Crippen LogP contribution in [0.4, 0.5) is 0 Å². The Morgan fingerprint density at radius 1 is 1.38 bits per heavy atom. The van der Waals surface area contributed by atoms with Crippen LogP contribution in [0.2, 0.25) is 0 Å². The number of aryl methyl sites for hydroxylation is 1. The highest BCUT2D eigenvalue weighted by molar-refractivity contribution is 7.09. The zero-order chi connectivity index (χ0) is 14.8. The fraction of sp³-hybridized carbons (Fsp3) is 0.267. The molecule has 2 heterocycles. The van der Waals surface area contributed by atoms with Gasteiger partial charge in [-0.15, -0.1) is 11.3 Å². The van der Waals surface area contributed by atoms with E-state index in [0.29, 0.717) is 11.9 Å². The van der Waals surface area contributed by atoms with Crippen LogP contribution in [0.25, 0.3) is 10.9 Å². The lowest BCUT2D eigenvalue weighted by Gasteiger charge is -2.00. The zero-order valence-electron chi connectivity index (χ0n) is 11.6. The van der Waals surface area contributed by atoms with Crippen molar-refractivity contribution < 1.29 is 9.90 Å². The topological polar surface area (TPSA) is 68.0 Å². The van der Waals surface area contributed by atoms with Gasteiger partial charge in [0, 0.05) is 10.8 Å². The van der Waals surface area contributed by atoms with E-state index < -0.39 is 5.97 Å². The number of aromatic nitrogens is 3. The Kier molecular flexibility index (Phi) is 3.70. The second-order valence-electron chi connectivity index (χ2n) is 4.81. The summed E-state index contributed by atoms with van der Waals surface area (Å²) in [7, 11) is 0. The number of benzene rings is 1. The lowest BCUT2D eigenvalue weighted by atomic mass is 10.2. The van der Waals surface area contributed by atoms with E-state index in [9.17, 15) is 9.90 Å². The molecule has 21 heavy (non-hydrogen) atoms. The molecule has 0 atom stereocenters. The number of fused-ring (bicyclic) bond motifs is 1. The number of rotatable bonds is 5. The van der Waals surface area contributed by atoms with Gasteiger partial charge in [0.05, 0.1) is 22.8 Å². The minimum Gasteiger partial charge on any atom is -0.476 e. The molecule has 108 valence electrons. The molecule has 5 nitrogen and oxygen atoms in total. The Labute approximate surface area is 125 Å². The van der Waals surface area contributed by atoms with Crippen molar-refractivity contribution in [1.29, 1.82) is 0 Å². The Bertz CT molecular complexity index is 791. The average molecular weight is 301 g/mol. The summed E-state index contributed by atoms with van der Waals surface area (Å²) in [6, 6.07) is 7.37. The number of carboxylic acid groups (broad SMARTS) is 1. The molecule has 1 N–H and O–H groups in total. The smallest absolute Gasteiger partial charge is 0.357 e. The van der Waals surface area contributed by atoms with Crippen LogP contribution in [0.5, 0.6) is 0 Å². The molecule has 0 aliphatic rings. The van der Waals surface area contributed by atoms with Crippen molar-refractivity contribution >= 4 is 28.2 Å². The fourth-order valence-electron chi connectivity index (χ4n) is 2.31. The van der Waals surface area contributed by atoms with Gasteiger partial charge >= 0.3 is 5.97 Å². The number of hydrogen-bond donors (Lipinski definition) is 1. The van der Waals surface area contributed by atoms with Crippen LogP contribution in [0, 0.1) is 0 Å². The van der Waals surface area contributed by atoms with Crippen LogP contribution in [-0.4, -0.2) is 25.8 Å². The van der Waals surface area contributed by atoms with Gasteiger partial charge in [-0.05, 0) is 18.9 Å². The van der Waals surface area contributed by atoms with Gasteiger partial charge in [-0.1, -0.05) is 25.1 Å². The number of nitrogens with zero attached hydrogens (tertiary/aromatic N) is 3. The highest BCUT2D eigenvalue weighted by Crippen LogP contribution is 2.20. The number of carboxylic acids is 1. The van der Waals surface area contributed by atoms with Crippen LogP contribution in [0.3, 0.4) is 0 Å². The van der Waals surface area contributed by atoms with Crippen molar-refractivity contribution in [3.8, 4) is 0 Å². The minimum atomic E-state index is -1.00. The molecule has 1 aromatic carbocycles. The molecule has 3 rings (SSSR count). The Morgan fingerprint density at radius 3 is 2.95 bits per heavy atom. The Morgan fingerprint density at radius 2 is 2.19 bits per heavy atom. The van der Waals surface area contributed by atoms with E-state index in [0.717, 1.165) is 29.1 Å². The predicted octanol–water partition coefficient (Wildman–Crippen LogP) is 3.19. The third-order valence-corrected chi connectivity index (χ3v) is 4.19. The number of carbonyl (C=O) groups is 1. The minimum absolute atomic E-state index is 0.0922. The molecule has 0 fully saturated rings. The second-order valence-corrected chi connectivity index (χ2v) is 5.75. The first-order valence-electron chi connectivity index (χ1n) is 6.81. The standard InChI is InChI=1S/C15H15N3O2S/c1-2-5-13-16-10(9-21-13)8-18-12-7-4-3-6-11(12)14(17-18)15(19)20/h3-4,6-7,9H,2,5,8H2,1H3,(H,19,20). The lowest BCUT2D eigenvalue weighted by Crippen LogP contribution is -2.05. The van der Waals surface area contributed by atoms with Crippen molar-refractivity contribution in [1.82, 2.24) is 14.8 Å². The molecule has 0 amide bonds. The summed E-state index contributed by atoms with van der Waals surface area (Å²) >= 11 is 1.64. The van der Waals surface area contributed by atoms with Gasteiger partial charge in [0.1, 0.15) is 0 Å². The van der Waals surface area contributed by atoms with Crippen molar-refractivity contribution in [3.05, 3.63) is 46.0 Å². The van der Waals surface area contributed by atoms with Crippen LogP contribution in [0.15, 0.2) is 29.6 Å². The normalized spacial score (nSPS) is 11.1. The first-order chi connectivity index (χ1) is 10.2. The summed E-state index contributed by atoms with van der Waals surface area (Å²) in [4.78, 5) is 15.8. The second kappa shape index (κ2) is 5.65. The van der Waals surface area contributed by atoms with E-state index in [-0.39, 0.29) is 5.69 Å². The number of thiazole rings is 1. The third kappa shape index (κ3) is 2.67. The van der Waals surface area contributed by atoms with Crippen molar-refractivity contribution in [2.24, 2.45) is 0 Å². The molecule has 0 aliphatic carbocycles. The largest absolute Gasteiger partial charge is 0.476 e. The van der Waals surface area contributed by atoms with Gasteiger partial charge in [-0.2, -0.15) is 5.10 Å². The third-order valence-electron chi connectivity index (χ3n) is 3.24. The molecule has 3 aromatic rings. The van der Waals surface area contributed by atoms with Crippen molar-refractivity contribution in [3.63, 3.8) is 0 Å². The van der Waals surface area contributed by atoms with Crippen LogP contribution in [0.1, 0.15) is 34.5 Å². The summed E-state index contributed by atoms with van der Waals surface area (Å²) < 4.78 is 1.71. The van der Waals surface area contributed by atoms with E-state index in [4.69, 9.17) is 0 Å². The summed E-state index contributed by atoms with van der Waals surface area (Å²) in [5.41, 5.74) is 1.84. The van der Waals surface area contributed by atoms with Crippen molar-refractivity contribution in [2.75, 3.05) is 0 Å². The molecule has 0 unspecified atom stereocenters. The Hall–Kier alpha value is -2.21. The Balaban J connectivity index is 1.98. The van der Waals surface area contributed by atoms with E-state index in [1.54, 1.807) is 22.1 Å². The summed E-state index contributed by atoms with van der Waals surface area (Å²) in [6.45, 7) is 2.62. The summed E-state index contributed by atoms with van der Waals surface area (Å²) in [5.74, 6) is -1.00. The maximum atomic E-state index is 11.3. The lowest BCUT2D eigenvalue weighted by molar-refractivity contribution is 0.0691. The molecule has 0 saturated heterocycles. The molecule has 0 bridgehead atoms. The highest BCUT2D eigenvalue weighted by atomic mass is 32.1. The highest BCUT2D eigenvalue weighted by Gasteiger charge is 2.16. The van der Waals surface area contributed by atoms with Gasteiger partial charge in [0.2, 0.25) is 0 Å². The van der Waals surface area contributed by atoms with Gasteiger partial charge in [0.25, 0.3) is 0 Å². The van der Waals surface area contributed by atoms with Gasteiger partial charge in [-0.3, -0.25) is 4.68 Å². The van der Waals surface area contributed by atoms with Crippen molar-refractivity contribution in [2.45, 2.75) is 26.3 Å². The first kappa shape index (κ1) is 13.8. The van der Waals surface area contributed by atoms with Crippen LogP contribution >= 0.6 is 11.3 Å². The molecule has 2 aromatic heterocycles. The zero-order valence-corrected chi connectivity index (χ0v) is 12.4. The summed E-state index contributed by atoms with van der Waals surface area (Å²) in [6.07, 6.45) is 2.05. The molecule has 0 saturated carbocycles. The number of aromatic carboxylic acids is 1. The van der Waals surface area contributed by atoms with Gasteiger partial charge in [-0.25, -0.2) is 9.78 Å². The van der Waals surface area contributed by atoms with Crippen LogP contribution in [-0.2, 0) is 13.0 Å². The van der Waals surface area contributed by atoms with Crippen LogP contribution < -0.4 is 0 Å². The van der Waals surface area contributed by atoms with Gasteiger partial charge < -0.3 is 5.11 Å². The molecule has 0 aliphatic heterocycles. The molecular weight excluding hydrogens is 286 g/mol. The molecular formula is C15H15N3O2S. The van der Waals surface area contributed by atoms with E-state index >= 15 is 0 Å². The first-order valence-corrected chi connectivity index (χ1v) is 7.69. The quantitative estimate of drug-likeness (QED) is 0.786. The maximum Gasteiger partial charge on any atom is 0.357 e.